The number of carbonyl (C=O) groups is 2. The average molecular weight is 402 g/mol. The average Bonchev–Trinajstić information content (AvgIpc) is 3.11. The third kappa shape index (κ3) is 4.66. The largest absolute Gasteiger partial charge is 0.341 e. The van der Waals surface area contributed by atoms with Crippen molar-refractivity contribution in [2.24, 2.45) is 0 Å². The molecule has 138 valence electrons. The van der Waals surface area contributed by atoms with Crippen molar-refractivity contribution in [3.05, 3.63) is 59.6 Å². The number of hydrogen-bond acceptors (Lipinski definition) is 5. The zero-order chi connectivity index (χ0) is 19.2. The number of imide groups is 1. The third-order valence-electron chi connectivity index (χ3n) is 3.56. The molecule has 0 bridgehead atoms. The number of nitrogens with one attached hydrogen (secondary N) is 2. The molecule has 1 aromatic heterocycles. The van der Waals surface area contributed by atoms with E-state index in [1.165, 1.54) is 18.8 Å². The van der Waals surface area contributed by atoms with Gasteiger partial charge in [-0.05, 0) is 36.4 Å². The molecule has 0 atom stereocenters. The Bertz CT molecular complexity index is 944. The van der Waals surface area contributed by atoms with Gasteiger partial charge in [0.1, 0.15) is 0 Å². The Morgan fingerprint density at radius 1 is 1.07 bits per heavy atom. The maximum atomic E-state index is 11.9. The SMILES string of the molecule is CNC(=O)NC(=O)CSc1nnc(-c2ccc(Cl)cc2)n1-c1ccccc1. The number of nitrogens with zero attached hydrogens (tertiary/aromatic N) is 3. The van der Waals surface area contributed by atoms with Crippen LogP contribution in [0.5, 0.6) is 0 Å². The first-order valence-electron chi connectivity index (χ1n) is 7.99. The van der Waals surface area contributed by atoms with E-state index >= 15 is 0 Å². The van der Waals surface area contributed by atoms with Crippen molar-refractivity contribution in [1.29, 1.82) is 0 Å². The molecule has 0 aliphatic rings. The maximum absolute atomic E-state index is 11.9. The normalized spacial score (nSPS) is 10.4. The lowest BCUT2D eigenvalue weighted by Crippen LogP contribution is -2.38. The molecule has 0 aliphatic carbocycles. The number of rotatable bonds is 5. The minimum atomic E-state index is -0.549. The van der Waals surface area contributed by atoms with E-state index in [0.29, 0.717) is 16.0 Å². The van der Waals surface area contributed by atoms with Gasteiger partial charge in [-0.2, -0.15) is 0 Å². The second-order valence-electron chi connectivity index (χ2n) is 5.40. The Hall–Kier alpha value is -2.84. The number of halogens is 1. The van der Waals surface area contributed by atoms with Crippen LogP contribution in [-0.4, -0.2) is 39.5 Å². The summed E-state index contributed by atoms with van der Waals surface area (Å²) in [6.45, 7) is 0. The molecule has 1 heterocycles. The van der Waals surface area contributed by atoms with E-state index in [0.717, 1.165) is 11.3 Å². The minimum Gasteiger partial charge on any atom is -0.341 e. The lowest BCUT2D eigenvalue weighted by Gasteiger charge is -2.10. The monoisotopic (exact) mass is 401 g/mol. The fraction of sp³-hybridized carbons (Fsp3) is 0.111. The van der Waals surface area contributed by atoms with Crippen molar-refractivity contribution < 1.29 is 9.59 Å². The number of hydrogen-bond donors (Lipinski definition) is 2. The summed E-state index contributed by atoms with van der Waals surface area (Å²) in [4.78, 5) is 23.1. The van der Waals surface area contributed by atoms with Crippen LogP contribution in [0.3, 0.4) is 0 Å². The van der Waals surface area contributed by atoms with Gasteiger partial charge in [0.15, 0.2) is 11.0 Å². The second-order valence-corrected chi connectivity index (χ2v) is 6.78. The van der Waals surface area contributed by atoms with Gasteiger partial charge in [-0.15, -0.1) is 10.2 Å². The smallest absolute Gasteiger partial charge is 0.321 e. The fourth-order valence-electron chi connectivity index (χ4n) is 2.31. The molecule has 3 aromatic rings. The van der Waals surface area contributed by atoms with Crippen LogP contribution in [0.15, 0.2) is 59.8 Å². The lowest BCUT2D eigenvalue weighted by atomic mass is 10.2. The zero-order valence-corrected chi connectivity index (χ0v) is 15.9. The van der Waals surface area contributed by atoms with Gasteiger partial charge in [0.05, 0.1) is 5.75 Å². The van der Waals surface area contributed by atoms with Gasteiger partial charge in [0, 0.05) is 23.3 Å². The Labute approximate surface area is 165 Å². The predicted molar refractivity (Wildman–Crippen MR) is 105 cm³/mol. The number of thioether (sulfide) groups is 1. The van der Waals surface area contributed by atoms with Gasteiger partial charge < -0.3 is 5.32 Å². The van der Waals surface area contributed by atoms with Crippen LogP contribution in [0.2, 0.25) is 5.02 Å². The van der Waals surface area contributed by atoms with E-state index in [1.807, 2.05) is 47.0 Å². The highest BCUT2D eigenvalue weighted by atomic mass is 35.5. The number of aromatic nitrogens is 3. The number of amides is 3. The molecule has 0 saturated carbocycles. The van der Waals surface area contributed by atoms with Crippen LogP contribution in [0.1, 0.15) is 0 Å². The summed E-state index contributed by atoms with van der Waals surface area (Å²) in [5, 5.41) is 14.2. The molecule has 3 amide bonds. The predicted octanol–water partition coefficient (Wildman–Crippen LogP) is 3.14. The van der Waals surface area contributed by atoms with Gasteiger partial charge in [-0.1, -0.05) is 41.6 Å². The Balaban J connectivity index is 1.91. The minimum absolute atomic E-state index is 0.0268. The quantitative estimate of drug-likeness (QED) is 0.641. The van der Waals surface area contributed by atoms with Gasteiger partial charge in [0.2, 0.25) is 5.91 Å². The number of para-hydroxylation sites is 1. The molecule has 2 N–H and O–H groups in total. The van der Waals surface area contributed by atoms with Crippen molar-refractivity contribution in [3.8, 4) is 17.1 Å². The molecule has 3 rings (SSSR count). The topological polar surface area (TPSA) is 88.9 Å². The van der Waals surface area contributed by atoms with Crippen molar-refractivity contribution in [2.75, 3.05) is 12.8 Å². The molecule has 0 aliphatic heterocycles. The first-order chi connectivity index (χ1) is 13.1. The van der Waals surface area contributed by atoms with E-state index < -0.39 is 11.9 Å². The zero-order valence-electron chi connectivity index (χ0n) is 14.3. The van der Waals surface area contributed by atoms with Crippen LogP contribution in [0.4, 0.5) is 4.79 Å². The molecule has 7 nitrogen and oxygen atoms in total. The summed E-state index contributed by atoms with van der Waals surface area (Å²) in [5.74, 6) is 0.237. The van der Waals surface area contributed by atoms with Gasteiger partial charge in [0.25, 0.3) is 0 Å². The highest BCUT2D eigenvalue weighted by Crippen LogP contribution is 2.28. The summed E-state index contributed by atoms with van der Waals surface area (Å²) in [5.41, 5.74) is 1.71. The van der Waals surface area contributed by atoms with E-state index in [2.05, 4.69) is 20.8 Å². The third-order valence-corrected chi connectivity index (χ3v) is 4.74. The van der Waals surface area contributed by atoms with Crippen molar-refractivity contribution in [2.45, 2.75) is 5.16 Å². The second kappa shape index (κ2) is 8.70. The van der Waals surface area contributed by atoms with E-state index in [4.69, 9.17) is 11.6 Å². The Morgan fingerprint density at radius 2 is 1.78 bits per heavy atom. The first-order valence-corrected chi connectivity index (χ1v) is 9.36. The maximum Gasteiger partial charge on any atom is 0.321 e. The molecule has 0 radical (unpaired) electrons. The van der Waals surface area contributed by atoms with Crippen LogP contribution < -0.4 is 10.6 Å². The fourth-order valence-corrected chi connectivity index (χ4v) is 3.19. The number of carbonyl (C=O) groups excluding carboxylic acids is 2. The molecular formula is C18H16ClN5O2S. The Kier molecular flexibility index (Phi) is 6.10. The molecule has 27 heavy (non-hydrogen) atoms. The lowest BCUT2D eigenvalue weighted by molar-refractivity contribution is -0.117. The molecule has 0 spiro atoms. The number of benzene rings is 2. The summed E-state index contributed by atoms with van der Waals surface area (Å²) in [7, 11) is 1.44. The molecule has 2 aromatic carbocycles. The first kappa shape index (κ1) is 18.9. The Morgan fingerprint density at radius 3 is 2.44 bits per heavy atom. The van der Waals surface area contributed by atoms with Crippen LogP contribution in [-0.2, 0) is 4.79 Å². The highest BCUT2D eigenvalue weighted by molar-refractivity contribution is 7.99. The summed E-state index contributed by atoms with van der Waals surface area (Å²) in [6, 6.07) is 16.3. The molecule has 0 saturated heterocycles. The van der Waals surface area contributed by atoms with Crippen LogP contribution >= 0.6 is 23.4 Å². The van der Waals surface area contributed by atoms with Crippen molar-refractivity contribution in [1.82, 2.24) is 25.4 Å². The summed E-state index contributed by atoms with van der Waals surface area (Å²) >= 11 is 7.17. The van der Waals surface area contributed by atoms with Gasteiger partial charge >= 0.3 is 6.03 Å². The van der Waals surface area contributed by atoms with Crippen molar-refractivity contribution in [3.63, 3.8) is 0 Å². The summed E-state index contributed by atoms with van der Waals surface area (Å²) in [6.07, 6.45) is 0. The van der Waals surface area contributed by atoms with Gasteiger partial charge in [-0.25, -0.2) is 4.79 Å². The molecule has 0 fully saturated rings. The van der Waals surface area contributed by atoms with Crippen LogP contribution in [0.25, 0.3) is 17.1 Å². The standard InChI is InChI=1S/C18H16ClN5O2S/c1-20-17(26)21-15(25)11-27-18-23-22-16(12-7-9-13(19)10-8-12)24(18)14-5-3-2-4-6-14/h2-10H,11H2,1H3,(H2,20,21,25,26). The highest BCUT2D eigenvalue weighted by Gasteiger charge is 2.17. The summed E-state index contributed by atoms with van der Waals surface area (Å²) < 4.78 is 1.86. The molecular weight excluding hydrogens is 386 g/mol. The van der Waals surface area contributed by atoms with Gasteiger partial charge in [-0.3, -0.25) is 14.7 Å². The molecule has 9 heteroatoms. The number of urea groups is 1. The van der Waals surface area contributed by atoms with E-state index in [1.54, 1.807) is 12.1 Å². The van der Waals surface area contributed by atoms with Crippen LogP contribution in [0, 0.1) is 0 Å². The van der Waals surface area contributed by atoms with E-state index in [-0.39, 0.29) is 5.75 Å². The van der Waals surface area contributed by atoms with E-state index in [9.17, 15) is 9.59 Å². The molecule has 0 unspecified atom stereocenters. The van der Waals surface area contributed by atoms with Crippen molar-refractivity contribution >= 4 is 35.3 Å².